The van der Waals surface area contributed by atoms with Gasteiger partial charge in [-0.05, 0) is 18.2 Å². The molecule has 0 aliphatic carbocycles. The zero-order chi connectivity index (χ0) is 13.3. The van der Waals surface area contributed by atoms with Gasteiger partial charge in [-0.2, -0.15) is 5.10 Å². The molecule has 0 saturated carbocycles. The van der Waals surface area contributed by atoms with Crippen LogP contribution in [0.5, 0.6) is 0 Å². The Kier molecular flexibility index (Phi) is 3.06. The molecule has 0 fully saturated rings. The van der Waals surface area contributed by atoms with E-state index in [1.165, 1.54) is 4.68 Å². The van der Waals surface area contributed by atoms with Crippen molar-refractivity contribution in [2.75, 3.05) is 19.0 Å². The van der Waals surface area contributed by atoms with Gasteiger partial charge in [-0.25, -0.2) is 4.79 Å². The van der Waals surface area contributed by atoms with E-state index in [-0.39, 0.29) is 5.69 Å². The normalized spacial score (nSPS) is 10.4. The molecule has 1 aromatic carbocycles. The Labute approximate surface area is 105 Å². The summed E-state index contributed by atoms with van der Waals surface area (Å²) in [5.41, 5.74) is 2.85. The van der Waals surface area contributed by atoms with Crippen molar-refractivity contribution in [1.82, 2.24) is 9.78 Å². The first kappa shape index (κ1) is 12.2. The number of rotatable bonds is 3. The Hall–Kier alpha value is -2.30. The second-order valence-corrected chi connectivity index (χ2v) is 4.28. The molecule has 0 unspecified atom stereocenters. The number of carboxylic acids is 1. The number of aromatic nitrogens is 2. The highest BCUT2D eigenvalue weighted by molar-refractivity contribution is 5.87. The van der Waals surface area contributed by atoms with Crippen LogP contribution in [0, 0.1) is 0 Å². The van der Waals surface area contributed by atoms with Gasteiger partial charge in [-0.3, -0.25) is 4.68 Å². The average Bonchev–Trinajstić information content (AvgIpc) is 2.71. The van der Waals surface area contributed by atoms with Crippen molar-refractivity contribution in [1.29, 1.82) is 0 Å². The third-order valence-corrected chi connectivity index (χ3v) is 2.78. The van der Waals surface area contributed by atoms with E-state index in [4.69, 9.17) is 5.11 Å². The zero-order valence-corrected chi connectivity index (χ0v) is 10.6. The van der Waals surface area contributed by atoms with E-state index in [2.05, 4.69) is 5.10 Å². The number of aryl methyl sites for hydroxylation is 1. The molecule has 94 valence electrons. The van der Waals surface area contributed by atoms with Gasteiger partial charge in [0.1, 0.15) is 5.69 Å². The molecule has 18 heavy (non-hydrogen) atoms. The van der Waals surface area contributed by atoms with Crippen LogP contribution in [0.2, 0.25) is 0 Å². The molecule has 0 aliphatic heterocycles. The number of carboxylic acid groups (broad SMARTS) is 1. The first-order chi connectivity index (χ1) is 8.49. The van der Waals surface area contributed by atoms with Crippen molar-refractivity contribution in [2.24, 2.45) is 7.05 Å². The molecule has 0 bridgehead atoms. The van der Waals surface area contributed by atoms with Crippen LogP contribution >= 0.6 is 0 Å². The van der Waals surface area contributed by atoms with Crippen molar-refractivity contribution >= 4 is 11.7 Å². The van der Waals surface area contributed by atoms with Gasteiger partial charge >= 0.3 is 5.97 Å². The van der Waals surface area contributed by atoms with Gasteiger partial charge in [-0.1, -0.05) is 12.1 Å². The number of anilines is 1. The van der Waals surface area contributed by atoms with Crippen molar-refractivity contribution in [3.05, 3.63) is 36.0 Å². The van der Waals surface area contributed by atoms with Gasteiger partial charge in [-0.15, -0.1) is 0 Å². The minimum Gasteiger partial charge on any atom is -0.477 e. The zero-order valence-electron chi connectivity index (χ0n) is 10.6. The molecule has 0 amide bonds. The van der Waals surface area contributed by atoms with Crippen LogP contribution in [0.15, 0.2) is 30.3 Å². The van der Waals surface area contributed by atoms with Crippen LogP contribution in [-0.2, 0) is 7.05 Å². The maximum atomic E-state index is 10.9. The first-order valence-electron chi connectivity index (χ1n) is 5.54. The summed E-state index contributed by atoms with van der Waals surface area (Å²) < 4.78 is 1.37. The fourth-order valence-electron chi connectivity index (χ4n) is 1.74. The van der Waals surface area contributed by atoms with Crippen molar-refractivity contribution in [3.63, 3.8) is 0 Å². The van der Waals surface area contributed by atoms with E-state index in [1.807, 2.05) is 43.3 Å². The van der Waals surface area contributed by atoms with Crippen LogP contribution in [0.3, 0.4) is 0 Å². The lowest BCUT2D eigenvalue weighted by atomic mass is 10.1. The van der Waals surface area contributed by atoms with E-state index in [0.717, 1.165) is 11.3 Å². The number of carbonyl (C=O) groups is 1. The monoisotopic (exact) mass is 245 g/mol. The molecular formula is C13H15N3O2. The lowest BCUT2D eigenvalue weighted by Gasteiger charge is -2.12. The molecule has 0 aliphatic rings. The molecule has 1 aromatic heterocycles. The highest BCUT2D eigenvalue weighted by Gasteiger charge is 2.12. The maximum Gasteiger partial charge on any atom is 0.354 e. The van der Waals surface area contributed by atoms with Crippen LogP contribution in [0.1, 0.15) is 10.5 Å². The first-order valence-corrected chi connectivity index (χ1v) is 5.54. The van der Waals surface area contributed by atoms with Crippen molar-refractivity contribution in [2.45, 2.75) is 0 Å². The quantitative estimate of drug-likeness (QED) is 0.896. The van der Waals surface area contributed by atoms with Gasteiger partial charge in [0.2, 0.25) is 0 Å². The SMILES string of the molecule is CN(C)c1ccc(-c2cc(C(=O)O)n(C)n2)cc1. The van der Waals surface area contributed by atoms with E-state index >= 15 is 0 Å². The molecule has 1 heterocycles. The number of hydrogen-bond donors (Lipinski definition) is 1. The molecule has 0 atom stereocenters. The fourth-order valence-corrected chi connectivity index (χ4v) is 1.74. The Morgan fingerprint density at radius 2 is 1.89 bits per heavy atom. The molecule has 5 nitrogen and oxygen atoms in total. The van der Waals surface area contributed by atoms with E-state index < -0.39 is 5.97 Å². The Morgan fingerprint density at radius 3 is 2.33 bits per heavy atom. The minimum absolute atomic E-state index is 0.182. The summed E-state index contributed by atoms with van der Waals surface area (Å²) in [6.07, 6.45) is 0. The molecule has 2 rings (SSSR count). The van der Waals surface area contributed by atoms with Crippen molar-refractivity contribution < 1.29 is 9.90 Å². The van der Waals surface area contributed by atoms with Crippen molar-refractivity contribution in [3.8, 4) is 11.3 Å². The summed E-state index contributed by atoms with van der Waals surface area (Å²) in [6, 6.07) is 9.40. The van der Waals surface area contributed by atoms with Crippen LogP contribution in [-0.4, -0.2) is 35.0 Å². The third-order valence-electron chi connectivity index (χ3n) is 2.78. The lowest BCUT2D eigenvalue weighted by Crippen LogP contribution is -2.07. The molecule has 0 radical (unpaired) electrons. The molecule has 5 heteroatoms. The third kappa shape index (κ3) is 2.20. The van der Waals surface area contributed by atoms with E-state index in [1.54, 1.807) is 13.1 Å². The van der Waals surface area contributed by atoms with E-state index in [0.29, 0.717) is 5.69 Å². The van der Waals surface area contributed by atoms with E-state index in [9.17, 15) is 4.79 Å². The largest absolute Gasteiger partial charge is 0.477 e. The molecule has 0 saturated heterocycles. The predicted octanol–water partition coefficient (Wildman–Crippen LogP) is 1.85. The summed E-state index contributed by atoms with van der Waals surface area (Å²) in [6.45, 7) is 0. The maximum absolute atomic E-state index is 10.9. The molecule has 1 N–H and O–H groups in total. The smallest absolute Gasteiger partial charge is 0.354 e. The Balaban J connectivity index is 2.37. The number of hydrogen-bond acceptors (Lipinski definition) is 3. The molecule has 2 aromatic rings. The summed E-state index contributed by atoms with van der Waals surface area (Å²) in [5.74, 6) is -0.971. The highest BCUT2D eigenvalue weighted by atomic mass is 16.4. The standard InChI is InChI=1S/C13H15N3O2/c1-15(2)10-6-4-9(5-7-10)11-8-12(13(17)18)16(3)14-11/h4-8H,1-3H3,(H,17,18). The molecular weight excluding hydrogens is 230 g/mol. The highest BCUT2D eigenvalue weighted by Crippen LogP contribution is 2.22. The summed E-state index contributed by atoms with van der Waals surface area (Å²) >= 11 is 0. The molecule has 0 spiro atoms. The predicted molar refractivity (Wildman–Crippen MR) is 69.9 cm³/mol. The van der Waals surface area contributed by atoms with Crippen LogP contribution < -0.4 is 4.90 Å². The Bertz CT molecular complexity index is 570. The summed E-state index contributed by atoms with van der Waals surface area (Å²) in [4.78, 5) is 12.9. The van der Waals surface area contributed by atoms with Gasteiger partial charge in [0, 0.05) is 32.4 Å². The minimum atomic E-state index is -0.971. The second kappa shape index (κ2) is 4.52. The second-order valence-electron chi connectivity index (χ2n) is 4.28. The lowest BCUT2D eigenvalue weighted by molar-refractivity contribution is 0.0685. The summed E-state index contributed by atoms with van der Waals surface area (Å²) in [5, 5.41) is 13.2. The van der Waals surface area contributed by atoms with Gasteiger partial charge < -0.3 is 10.0 Å². The Morgan fingerprint density at radius 1 is 1.28 bits per heavy atom. The summed E-state index contributed by atoms with van der Waals surface area (Å²) in [7, 11) is 5.57. The topological polar surface area (TPSA) is 58.4 Å². The average molecular weight is 245 g/mol. The number of aromatic carboxylic acids is 1. The van der Waals surface area contributed by atoms with Gasteiger partial charge in [0.05, 0.1) is 5.69 Å². The van der Waals surface area contributed by atoms with Crippen LogP contribution in [0.25, 0.3) is 11.3 Å². The van der Waals surface area contributed by atoms with Gasteiger partial charge in [0.25, 0.3) is 0 Å². The fraction of sp³-hybridized carbons (Fsp3) is 0.231. The number of nitrogens with zero attached hydrogens (tertiary/aromatic N) is 3. The van der Waals surface area contributed by atoms with Crippen LogP contribution in [0.4, 0.5) is 5.69 Å². The van der Waals surface area contributed by atoms with Gasteiger partial charge in [0.15, 0.2) is 0 Å². The number of benzene rings is 1.